The Morgan fingerprint density at radius 3 is 3.19 bits per heavy atom. The fraction of sp³-hybridized carbons (Fsp3) is 0.467. The van der Waals surface area contributed by atoms with Gasteiger partial charge in [0.05, 0.1) is 19.1 Å². The minimum Gasteiger partial charge on any atom is -0.334 e. The Labute approximate surface area is 128 Å². The number of carbonyl (C=O) groups is 1. The van der Waals surface area contributed by atoms with Crippen LogP contribution in [0, 0.1) is 0 Å². The van der Waals surface area contributed by atoms with Crippen LogP contribution in [-0.4, -0.2) is 40.2 Å². The van der Waals surface area contributed by atoms with Crippen LogP contribution < -0.4 is 5.32 Å². The number of aromatic nitrogens is 2. The van der Waals surface area contributed by atoms with Crippen LogP contribution in [0.25, 0.3) is 0 Å². The summed E-state index contributed by atoms with van der Waals surface area (Å²) in [5, 5.41) is 9.44. The third-order valence-corrected chi connectivity index (χ3v) is 4.77. The molecule has 0 radical (unpaired) electrons. The number of nitrogens with one attached hydrogen (secondary N) is 1. The molecule has 1 aliphatic rings. The second-order valence-corrected chi connectivity index (χ2v) is 6.19. The lowest BCUT2D eigenvalue weighted by Gasteiger charge is -2.24. The number of carbonyl (C=O) groups excluding carboxylic acids is 1. The highest BCUT2D eigenvalue weighted by Gasteiger charge is 2.29. The standard InChI is InChI=1S/C15H20N4OS/c20-15(12-16-7-10-18-8-3-6-17-18)19-9-1-4-13(19)14-5-2-11-21-14/h2-3,5-6,8,11,13,16H,1,4,7,9-10,12H2/t13-/m1/s1. The van der Waals surface area contributed by atoms with Crippen LogP contribution in [0.3, 0.4) is 0 Å². The topological polar surface area (TPSA) is 50.2 Å². The molecule has 2 aromatic heterocycles. The summed E-state index contributed by atoms with van der Waals surface area (Å²) in [4.78, 5) is 15.7. The summed E-state index contributed by atoms with van der Waals surface area (Å²) in [5.74, 6) is 0.200. The van der Waals surface area contributed by atoms with Crippen LogP contribution in [0.4, 0.5) is 0 Å². The van der Waals surface area contributed by atoms with Crippen LogP contribution >= 0.6 is 11.3 Å². The molecule has 0 unspecified atom stereocenters. The Balaban J connectivity index is 1.46. The van der Waals surface area contributed by atoms with E-state index in [4.69, 9.17) is 0 Å². The second kappa shape index (κ2) is 6.87. The van der Waals surface area contributed by atoms with Crippen LogP contribution in [0.2, 0.25) is 0 Å². The summed E-state index contributed by atoms with van der Waals surface area (Å²) in [6.45, 7) is 2.82. The van der Waals surface area contributed by atoms with Gasteiger partial charge in [-0.25, -0.2) is 0 Å². The van der Waals surface area contributed by atoms with E-state index < -0.39 is 0 Å². The fourth-order valence-corrected chi connectivity index (χ4v) is 3.64. The summed E-state index contributed by atoms with van der Waals surface area (Å²) in [6, 6.07) is 6.38. The third-order valence-electron chi connectivity index (χ3n) is 3.80. The molecule has 1 saturated heterocycles. The molecule has 1 N–H and O–H groups in total. The van der Waals surface area contributed by atoms with Crippen molar-refractivity contribution in [2.45, 2.75) is 25.4 Å². The minimum atomic E-state index is 0.200. The molecule has 0 saturated carbocycles. The van der Waals surface area contributed by atoms with Crippen LogP contribution in [0.1, 0.15) is 23.8 Å². The predicted molar refractivity (Wildman–Crippen MR) is 83.1 cm³/mol. The summed E-state index contributed by atoms with van der Waals surface area (Å²) in [5.41, 5.74) is 0. The third kappa shape index (κ3) is 3.51. The maximum atomic E-state index is 12.4. The highest BCUT2D eigenvalue weighted by molar-refractivity contribution is 7.10. The molecule has 1 amide bonds. The van der Waals surface area contributed by atoms with Crippen molar-refractivity contribution in [1.82, 2.24) is 20.0 Å². The Kier molecular flexibility index (Phi) is 4.67. The maximum absolute atomic E-state index is 12.4. The van der Waals surface area contributed by atoms with Crippen molar-refractivity contribution in [3.8, 4) is 0 Å². The smallest absolute Gasteiger partial charge is 0.237 e. The number of rotatable bonds is 6. The first-order valence-corrected chi connectivity index (χ1v) is 8.23. The van der Waals surface area contributed by atoms with Gasteiger partial charge in [-0.2, -0.15) is 5.10 Å². The van der Waals surface area contributed by atoms with Gasteiger partial charge in [0, 0.05) is 30.4 Å². The molecule has 0 aromatic carbocycles. The van der Waals surface area contributed by atoms with Gasteiger partial charge in [-0.15, -0.1) is 11.3 Å². The van der Waals surface area contributed by atoms with Crippen molar-refractivity contribution in [1.29, 1.82) is 0 Å². The van der Waals surface area contributed by atoms with Gasteiger partial charge in [0.15, 0.2) is 0 Å². The van der Waals surface area contributed by atoms with Crippen molar-refractivity contribution >= 4 is 17.2 Å². The van der Waals surface area contributed by atoms with Gasteiger partial charge < -0.3 is 10.2 Å². The lowest BCUT2D eigenvalue weighted by atomic mass is 10.2. The average molecular weight is 304 g/mol. The molecule has 0 aliphatic carbocycles. The van der Waals surface area contributed by atoms with E-state index in [0.29, 0.717) is 6.54 Å². The van der Waals surface area contributed by atoms with E-state index >= 15 is 0 Å². The van der Waals surface area contributed by atoms with E-state index in [1.807, 2.05) is 21.8 Å². The molecular formula is C15H20N4OS. The Morgan fingerprint density at radius 1 is 1.48 bits per heavy atom. The van der Waals surface area contributed by atoms with Gasteiger partial charge in [-0.3, -0.25) is 9.48 Å². The Bertz CT molecular complexity index is 552. The number of hydrogen-bond acceptors (Lipinski definition) is 4. The highest BCUT2D eigenvalue weighted by atomic mass is 32.1. The summed E-state index contributed by atoms with van der Waals surface area (Å²) < 4.78 is 1.86. The van der Waals surface area contributed by atoms with Crippen molar-refractivity contribution < 1.29 is 4.79 Å². The zero-order chi connectivity index (χ0) is 14.5. The molecule has 0 bridgehead atoms. The van der Waals surface area contributed by atoms with Gasteiger partial charge in [0.1, 0.15) is 0 Å². The highest BCUT2D eigenvalue weighted by Crippen LogP contribution is 2.34. The molecule has 112 valence electrons. The lowest BCUT2D eigenvalue weighted by Crippen LogP contribution is -2.38. The molecular weight excluding hydrogens is 284 g/mol. The van der Waals surface area contributed by atoms with E-state index in [1.165, 1.54) is 4.88 Å². The quantitative estimate of drug-likeness (QED) is 0.829. The van der Waals surface area contributed by atoms with Gasteiger partial charge in [0.25, 0.3) is 0 Å². The molecule has 21 heavy (non-hydrogen) atoms. The zero-order valence-electron chi connectivity index (χ0n) is 11.9. The average Bonchev–Trinajstić information content (AvgIpc) is 3.24. The zero-order valence-corrected chi connectivity index (χ0v) is 12.8. The van der Waals surface area contributed by atoms with Gasteiger partial charge in [-0.1, -0.05) is 6.07 Å². The number of likely N-dealkylation sites (tertiary alicyclic amines) is 1. The normalized spacial score (nSPS) is 18.3. The first-order valence-electron chi connectivity index (χ1n) is 7.35. The van der Waals surface area contributed by atoms with Crippen LogP contribution in [0.15, 0.2) is 36.0 Å². The van der Waals surface area contributed by atoms with Crippen molar-refractivity contribution in [3.05, 3.63) is 40.8 Å². The molecule has 6 heteroatoms. The van der Waals surface area contributed by atoms with Crippen molar-refractivity contribution in [3.63, 3.8) is 0 Å². The monoisotopic (exact) mass is 304 g/mol. The Morgan fingerprint density at radius 2 is 2.43 bits per heavy atom. The fourth-order valence-electron chi connectivity index (χ4n) is 2.77. The molecule has 2 aromatic rings. The maximum Gasteiger partial charge on any atom is 0.237 e. The number of amides is 1. The van der Waals surface area contributed by atoms with E-state index in [9.17, 15) is 4.79 Å². The molecule has 1 fully saturated rings. The van der Waals surface area contributed by atoms with E-state index in [1.54, 1.807) is 17.5 Å². The number of nitrogens with zero attached hydrogens (tertiary/aromatic N) is 3. The summed E-state index contributed by atoms with van der Waals surface area (Å²) >= 11 is 1.74. The second-order valence-electron chi connectivity index (χ2n) is 5.21. The van der Waals surface area contributed by atoms with Gasteiger partial charge >= 0.3 is 0 Å². The molecule has 3 heterocycles. The molecule has 5 nitrogen and oxygen atoms in total. The van der Waals surface area contributed by atoms with Crippen molar-refractivity contribution in [2.75, 3.05) is 19.6 Å². The summed E-state index contributed by atoms with van der Waals surface area (Å²) in [6.07, 6.45) is 5.87. The van der Waals surface area contributed by atoms with E-state index in [-0.39, 0.29) is 11.9 Å². The first kappa shape index (κ1) is 14.3. The predicted octanol–water partition coefficient (Wildman–Crippen LogP) is 1.90. The van der Waals surface area contributed by atoms with E-state index in [0.717, 1.165) is 32.5 Å². The number of hydrogen-bond donors (Lipinski definition) is 1. The van der Waals surface area contributed by atoms with Gasteiger partial charge in [-0.05, 0) is 30.4 Å². The Hall–Kier alpha value is -1.66. The van der Waals surface area contributed by atoms with Gasteiger partial charge in [0.2, 0.25) is 5.91 Å². The SMILES string of the molecule is O=C(CNCCn1cccn1)N1CCC[C@@H]1c1cccs1. The number of thiophene rings is 1. The minimum absolute atomic E-state index is 0.200. The van der Waals surface area contributed by atoms with Crippen LogP contribution in [0.5, 0.6) is 0 Å². The largest absolute Gasteiger partial charge is 0.334 e. The molecule has 0 spiro atoms. The lowest BCUT2D eigenvalue weighted by molar-refractivity contribution is -0.131. The molecule has 1 atom stereocenters. The molecule has 3 rings (SSSR count). The van der Waals surface area contributed by atoms with Crippen LogP contribution in [-0.2, 0) is 11.3 Å². The van der Waals surface area contributed by atoms with E-state index in [2.05, 4.69) is 27.9 Å². The molecule has 1 aliphatic heterocycles. The van der Waals surface area contributed by atoms with Crippen molar-refractivity contribution in [2.24, 2.45) is 0 Å². The first-order chi connectivity index (χ1) is 10.3. The summed E-state index contributed by atoms with van der Waals surface area (Å²) in [7, 11) is 0.